The van der Waals surface area contributed by atoms with E-state index >= 15 is 0 Å². The molecule has 0 aliphatic rings. The lowest BCUT2D eigenvalue weighted by atomic mass is 10.0. The highest BCUT2D eigenvalue weighted by Crippen LogP contribution is 2.03. The lowest BCUT2D eigenvalue weighted by Gasteiger charge is -2.21. The van der Waals surface area contributed by atoms with E-state index in [-0.39, 0.29) is 0 Å². The number of hydrogen-bond acceptors (Lipinski definition) is 3. The third kappa shape index (κ3) is 3.46. The first-order chi connectivity index (χ1) is 6.74. The molecule has 80 valence electrons. The van der Waals surface area contributed by atoms with Crippen LogP contribution in [0.15, 0.2) is 12.7 Å². The van der Waals surface area contributed by atoms with Gasteiger partial charge in [0.2, 0.25) is 0 Å². The molecule has 0 radical (unpaired) electrons. The van der Waals surface area contributed by atoms with Gasteiger partial charge in [0, 0.05) is 6.04 Å². The molecule has 0 spiro atoms. The smallest absolute Gasteiger partial charge is 0.137 e. The molecular weight excluding hydrogens is 176 g/mol. The first-order valence-corrected chi connectivity index (χ1v) is 5.29. The van der Waals surface area contributed by atoms with Gasteiger partial charge in [-0.2, -0.15) is 5.10 Å². The number of aromatic nitrogens is 3. The average molecular weight is 196 g/mol. The molecule has 1 unspecified atom stereocenters. The van der Waals surface area contributed by atoms with Gasteiger partial charge in [-0.15, -0.1) is 0 Å². The number of hydrogen-bond donors (Lipinski definition) is 1. The van der Waals surface area contributed by atoms with Gasteiger partial charge in [0.05, 0.1) is 6.54 Å². The molecular formula is C10H20N4. The summed E-state index contributed by atoms with van der Waals surface area (Å²) < 4.78 is 1.88. The summed E-state index contributed by atoms with van der Waals surface area (Å²) in [6.07, 6.45) is 4.51. The minimum absolute atomic E-state index is 0.483. The normalized spacial score (nSPS) is 13.4. The first kappa shape index (κ1) is 11.2. The highest BCUT2D eigenvalue weighted by Gasteiger charge is 2.12. The van der Waals surface area contributed by atoms with Gasteiger partial charge in [0.25, 0.3) is 0 Å². The van der Waals surface area contributed by atoms with Crippen LogP contribution in [0.2, 0.25) is 0 Å². The summed E-state index contributed by atoms with van der Waals surface area (Å²) in [7, 11) is 0. The van der Waals surface area contributed by atoms with Gasteiger partial charge in [0.1, 0.15) is 12.7 Å². The van der Waals surface area contributed by atoms with E-state index in [4.69, 9.17) is 0 Å². The third-order valence-electron chi connectivity index (χ3n) is 2.31. The summed E-state index contributed by atoms with van der Waals surface area (Å²) in [5.74, 6) is 0.616. The van der Waals surface area contributed by atoms with E-state index in [1.807, 2.05) is 4.68 Å². The quantitative estimate of drug-likeness (QED) is 0.746. The average Bonchev–Trinajstić information content (AvgIpc) is 2.64. The largest absolute Gasteiger partial charge is 0.312 e. The van der Waals surface area contributed by atoms with Crippen molar-refractivity contribution in [3.8, 4) is 0 Å². The molecule has 1 aromatic rings. The van der Waals surface area contributed by atoms with Crippen molar-refractivity contribution >= 4 is 0 Å². The molecule has 4 nitrogen and oxygen atoms in total. The fourth-order valence-electron chi connectivity index (χ4n) is 1.37. The van der Waals surface area contributed by atoms with Crippen molar-refractivity contribution in [2.45, 2.75) is 39.8 Å². The highest BCUT2D eigenvalue weighted by molar-refractivity contribution is 4.71. The minimum Gasteiger partial charge on any atom is -0.312 e. The Morgan fingerprint density at radius 2 is 2.21 bits per heavy atom. The molecule has 0 aliphatic carbocycles. The van der Waals surface area contributed by atoms with E-state index in [2.05, 4.69) is 36.2 Å². The maximum Gasteiger partial charge on any atom is 0.137 e. The second-order valence-electron chi connectivity index (χ2n) is 3.92. The molecule has 1 heterocycles. The molecule has 0 fully saturated rings. The SMILES string of the molecule is CCCNC(Cn1cncn1)C(C)C. The van der Waals surface area contributed by atoms with Gasteiger partial charge in [-0.3, -0.25) is 4.68 Å². The second kappa shape index (κ2) is 5.75. The topological polar surface area (TPSA) is 42.7 Å². The van der Waals surface area contributed by atoms with Gasteiger partial charge in [-0.05, 0) is 18.9 Å². The summed E-state index contributed by atoms with van der Waals surface area (Å²) >= 11 is 0. The highest BCUT2D eigenvalue weighted by atomic mass is 15.3. The van der Waals surface area contributed by atoms with Crippen molar-refractivity contribution in [1.29, 1.82) is 0 Å². The van der Waals surface area contributed by atoms with E-state index in [0.717, 1.165) is 13.1 Å². The fraction of sp³-hybridized carbons (Fsp3) is 0.800. The summed E-state index contributed by atoms with van der Waals surface area (Å²) in [5.41, 5.74) is 0. The Morgan fingerprint density at radius 3 is 2.71 bits per heavy atom. The first-order valence-electron chi connectivity index (χ1n) is 5.29. The van der Waals surface area contributed by atoms with Crippen LogP contribution in [-0.2, 0) is 6.54 Å². The molecule has 0 saturated carbocycles. The maximum atomic E-state index is 4.11. The predicted molar refractivity (Wildman–Crippen MR) is 56.9 cm³/mol. The standard InChI is InChI=1S/C10H20N4/c1-4-5-12-10(9(2)3)6-14-8-11-7-13-14/h7-10,12H,4-6H2,1-3H3. The monoisotopic (exact) mass is 196 g/mol. The Kier molecular flexibility index (Phi) is 4.59. The zero-order valence-corrected chi connectivity index (χ0v) is 9.27. The Labute approximate surface area is 85.7 Å². The second-order valence-corrected chi connectivity index (χ2v) is 3.92. The molecule has 0 amide bonds. The number of rotatable bonds is 6. The molecule has 0 bridgehead atoms. The van der Waals surface area contributed by atoms with E-state index in [0.29, 0.717) is 12.0 Å². The Morgan fingerprint density at radius 1 is 1.43 bits per heavy atom. The van der Waals surface area contributed by atoms with Gasteiger partial charge < -0.3 is 5.32 Å². The van der Waals surface area contributed by atoms with Crippen molar-refractivity contribution in [3.05, 3.63) is 12.7 Å². The zero-order valence-electron chi connectivity index (χ0n) is 9.27. The van der Waals surface area contributed by atoms with Crippen LogP contribution in [0.5, 0.6) is 0 Å². The minimum atomic E-state index is 0.483. The van der Waals surface area contributed by atoms with Crippen LogP contribution in [0, 0.1) is 5.92 Å². The summed E-state index contributed by atoms with van der Waals surface area (Å²) in [6, 6.07) is 0.483. The van der Waals surface area contributed by atoms with Crippen molar-refractivity contribution in [2.75, 3.05) is 6.54 Å². The van der Waals surface area contributed by atoms with Crippen molar-refractivity contribution in [3.63, 3.8) is 0 Å². The molecule has 4 heteroatoms. The molecule has 0 aromatic carbocycles. The molecule has 1 rings (SSSR count). The lowest BCUT2D eigenvalue weighted by Crippen LogP contribution is -2.38. The van der Waals surface area contributed by atoms with Crippen LogP contribution < -0.4 is 5.32 Å². The lowest BCUT2D eigenvalue weighted by molar-refractivity contribution is 0.343. The predicted octanol–water partition coefficient (Wildman–Crippen LogP) is 1.30. The summed E-state index contributed by atoms with van der Waals surface area (Å²) in [4.78, 5) is 3.94. The van der Waals surface area contributed by atoms with E-state index < -0.39 is 0 Å². The Bertz CT molecular complexity index is 230. The molecule has 0 saturated heterocycles. The van der Waals surface area contributed by atoms with Crippen LogP contribution in [-0.4, -0.2) is 27.4 Å². The zero-order chi connectivity index (χ0) is 10.4. The summed E-state index contributed by atoms with van der Waals surface area (Å²) in [5, 5.41) is 7.63. The van der Waals surface area contributed by atoms with E-state index in [1.54, 1.807) is 12.7 Å². The van der Waals surface area contributed by atoms with Crippen LogP contribution in [0.3, 0.4) is 0 Å². The van der Waals surface area contributed by atoms with Crippen LogP contribution >= 0.6 is 0 Å². The van der Waals surface area contributed by atoms with Gasteiger partial charge in [0.15, 0.2) is 0 Å². The molecule has 1 aromatic heterocycles. The Hall–Kier alpha value is -0.900. The Balaban J connectivity index is 2.43. The molecule has 1 N–H and O–H groups in total. The van der Waals surface area contributed by atoms with Crippen molar-refractivity contribution in [2.24, 2.45) is 5.92 Å². The van der Waals surface area contributed by atoms with Crippen molar-refractivity contribution in [1.82, 2.24) is 20.1 Å². The molecule has 1 atom stereocenters. The van der Waals surface area contributed by atoms with E-state index in [1.165, 1.54) is 6.42 Å². The van der Waals surface area contributed by atoms with Crippen LogP contribution in [0.1, 0.15) is 27.2 Å². The van der Waals surface area contributed by atoms with Gasteiger partial charge in [-0.1, -0.05) is 20.8 Å². The van der Waals surface area contributed by atoms with Crippen LogP contribution in [0.25, 0.3) is 0 Å². The number of nitrogens with one attached hydrogen (secondary N) is 1. The fourth-order valence-corrected chi connectivity index (χ4v) is 1.37. The molecule has 14 heavy (non-hydrogen) atoms. The van der Waals surface area contributed by atoms with Crippen LogP contribution in [0.4, 0.5) is 0 Å². The van der Waals surface area contributed by atoms with E-state index in [9.17, 15) is 0 Å². The van der Waals surface area contributed by atoms with Gasteiger partial charge in [-0.25, -0.2) is 4.98 Å². The molecule has 0 aliphatic heterocycles. The van der Waals surface area contributed by atoms with Gasteiger partial charge >= 0.3 is 0 Å². The maximum absolute atomic E-state index is 4.11. The third-order valence-corrected chi connectivity index (χ3v) is 2.31. The number of nitrogens with zero attached hydrogens (tertiary/aromatic N) is 3. The van der Waals surface area contributed by atoms with Crippen molar-refractivity contribution < 1.29 is 0 Å². The summed E-state index contributed by atoms with van der Waals surface area (Å²) in [6.45, 7) is 8.60.